The van der Waals surface area contributed by atoms with Crippen LogP contribution in [0.15, 0.2) is 70.4 Å². The Morgan fingerprint density at radius 2 is 1.80 bits per heavy atom. The highest BCUT2D eigenvalue weighted by atomic mass is 35.5. The van der Waals surface area contributed by atoms with Gasteiger partial charge in [0.05, 0.1) is 20.8 Å². The predicted octanol–water partition coefficient (Wildman–Crippen LogP) is 5.19. The van der Waals surface area contributed by atoms with E-state index in [-0.39, 0.29) is 9.77 Å². The zero-order valence-electron chi connectivity index (χ0n) is 19.4. The van der Waals surface area contributed by atoms with Gasteiger partial charge in [-0.3, -0.25) is 18.5 Å². The summed E-state index contributed by atoms with van der Waals surface area (Å²) in [5.41, 5.74) is 3.05. The van der Waals surface area contributed by atoms with Crippen LogP contribution in [0.1, 0.15) is 18.1 Å². The molecule has 4 aromatic rings. The predicted molar refractivity (Wildman–Crippen MR) is 142 cm³/mol. The molecule has 0 spiro atoms. The van der Waals surface area contributed by atoms with E-state index in [1.54, 1.807) is 60.0 Å². The number of carbonyl (C=O) groups excluding carboxylic acids is 1. The number of aromatic nitrogens is 1. The second-order valence-corrected chi connectivity index (χ2v) is 11.3. The van der Waals surface area contributed by atoms with Crippen LogP contribution in [0.3, 0.4) is 0 Å². The Bertz CT molecular complexity index is 1570. The molecule has 1 amide bonds. The summed E-state index contributed by atoms with van der Waals surface area (Å²) in [6, 6.07) is 16.6. The number of anilines is 2. The van der Waals surface area contributed by atoms with E-state index < -0.39 is 22.5 Å². The van der Waals surface area contributed by atoms with Gasteiger partial charge >= 0.3 is 4.87 Å². The van der Waals surface area contributed by atoms with Gasteiger partial charge in [0.25, 0.3) is 10.0 Å². The molecule has 1 N–H and O–H groups in total. The molecule has 0 saturated heterocycles. The zero-order valence-corrected chi connectivity index (χ0v) is 21.8. The summed E-state index contributed by atoms with van der Waals surface area (Å²) in [5.74, 6) is -0.526. The number of fused-ring (bicyclic) bond motifs is 1. The van der Waals surface area contributed by atoms with Crippen LogP contribution in [0, 0.1) is 13.8 Å². The minimum atomic E-state index is -4.07. The molecule has 0 aliphatic heterocycles. The van der Waals surface area contributed by atoms with Crippen molar-refractivity contribution in [1.29, 1.82) is 0 Å². The Morgan fingerprint density at radius 3 is 2.49 bits per heavy atom. The number of benzene rings is 3. The molecule has 0 bridgehead atoms. The van der Waals surface area contributed by atoms with E-state index in [1.807, 2.05) is 13.8 Å². The Morgan fingerprint density at radius 1 is 1.09 bits per heavy atom. The van der Waals surface area contributed by atoms with E-state index in [4.69, 9.17) is 11.6 Å². The Labute approximate surface area is 212 Å². The summed E-state index contributed by atoms with van der Waals surface area (Å²) in [5, 5.41) is 3.16. The fourth-order valence-corrected chi connectivity index (χ4v) is 6.42. The van der Waals surface area contributed by atoms with Crippen molar-refractivity contribution in [2.24, 2.45) is 0 Å². The average Bonchev–Trinajstić information content (AvgIpc) is 3.13. The number of carbonyl (C=O) groups is 1. The maximum Gasteiger partial charge on any atom is 0.308 e. The molecule has 0 aliphatic carbocycles. The third kappa shape index (κ3) is 4.98. The van der Waals surface area contributed by atoms with E-state index >= 15 is 0 Å². The molecule has 7 nitrogen and oxygen atoms in total. The quantitative estimate of drug-likeness (QED) is 0.357. The number of sulfonamides is 1. The highest BCUT2D eigenvalue weighted by Gasteiger charge is 2.29. The first-order valence-electron chi connectivity index (χ1n) is 10.9. The third-order valence-corrected chi connectivity index (χ3v) is 8.80. The molecule has 3 aromatic carbocycles. The van der Waals surface area contributed by atoms with E-state index in [2.05, 4.69) is 5.32 Å². The number of thiazole rings is 1. The fourth-order valence-electron chi connectivity index (χ4n) is 3.78. The molecular weight excluding hydrogens is 506 g/mol. The molecule has 35 heavy (non-hydrogen) atoms. The van der Waals surface area contributed by atoms with Gasteiger partial charge in [0, 0.05) is 17.3 Å². The summed E-state index contributed by atoms with van der Waals surface area (Å²) < 4.78 is 30.7. The molecular formula is C25H24ClN3O4S2. The van der Waals surface area contributed by atoms with Crippen molar-refractivity contribution < 1.29 is 13.2 Å². The highest BCUT2D eigenvalue weighted by molar-refractivity contribution is 7.92. The first-order valence-corrected chi connectivity index (χ1v) is 13.5. The number of hydrogen-bond donors (Lipinski definition) is 1. The SMILES string of the molecule is CCn1c(=O)sc2cc(NC(=O)CN(c3cccc(Cl)c3C)S(=O)(=O)c3ccc(C)cc3)ccc21. The van der Waals surface area contributed by atoms with Crippen molar-refractivity contribution in [2.75, 3.05) is 16.2 Å². The van der Waals surface area contributed by atoms with Gasteiger partial charge in [-0.05, 0) is 68.8 Å². The molecule has 0 unspecified atom stereocenters. The van der Waals surface area contributed by atoms with Crippen LogP contribution in [-0.4, -0.2) is 25.4 Å². The van der Waals surface area contributed by atoms with Crippen LogP contribution < -0.4 is 14.5 Å². The lowest BCUT2D eigenvalue weighted by Gasteiger charge is -2.26. The van der Waals surface area contributed by atoms with Crippen molar-refractivity contribution in [2.45, 2.75) is 32.2 Å². The Hall–Kier alpha value is -3.14. The summed E-state index contributed by atoms with van der Waals surface area (Å²) in [6.07, 6.45) is 0. The van der Waals surface area contributed by atoms with Crippen LogP contribution in [-0.2, 0) is 21.4 Å². The van der Waals surface area contributed by atoms with Gasteiger partial charge in [0.15, 0.2) is 0 Å². The Kier molecular flexibility index (Phi) is 7.02. The lowest BCUT2D eigenvalue weighted by atomic mass is 10.2. The van der Waals surface area contributed by atoms with Gasteiger partial charge in [0.2, 0.25) is 5.91 Å². The normalized spacial score (nSPS) is 11.5. The van der Waals surface area contributed by atoms with Crippen molar-refractivity contribution in [3.8, 4) is 0 Å². The maximum atomic E-state index is 13.6. The monoisotopic (exact) mass is 529 g/mol. The molecule has 0 atom stereocenters. The molecule has 0 radical (unpaired) electrons. The summed E-state index contributed by atoms with van der Waals surface area (Å²) in [4.78, 5) is 25.2. The lowest BCUT2D eigenvalue weighted by molar-refractivity contribution is -0.114. The number of hydrogen-bond acceptors (Lipinski definition) is 5. The molecule has 0 saturated carbocycles. The number of aryl methyl sites for hydroxylation is 2. The van der Waals surface area contributed by atoms with E-state index in [0.29, 0.717) is 28.5 Å². The van der Waals surface area contributed by atoms with Gasteiger partial charge in [-0.2, -0.15) is 0 Å². The highest BCUT2D eigenvalue weighted by Crippen LogP contribution is 2.31. The van der Waals surface area contributed by atoms with Gasteiger partial charge in [-0.15, -0.1) is 0 Å². The van der Waals surface area contributed by atoms with Crippen molar-refractivity contribution in [3.63, 3.8) is 0 Å². The van der Waals surface area contributed by atoms with Crippen LogP contribution in [0.5, 0.6) is 0 Å². The molecule has 1 aromatic heterocycles. The molecule has 1 heterocycles. The van der Waals surface area contributed by atoms with Crippen LogP contribution in [0.4, 0.5) is 11.4 Å². The molecule has 4 rings (SSSR count). The average molecular weight is 530 g/mol. The molecule has 10 heteroatoms. The van der Waals surface area contributed by atoms with Gasteiger partial charge in [0.1, 0.15) is 6.54 Å². The topological polar surface area (TPSA) is 88.5 Å². The van der Waals surface area contributed by atoms with Gasteiger partial charge < -0.3 is 5.32 Å². The van der Waals surface area contributed by atoms with Gasteiger partial charge in [-0.25, -0.2) is 8.42 Å². The van der Waals surface area contributed by atoms with E-state index in [0.717, 1.165) is 31.4 Å². The fraction of sp³-hybridized carbons (Fsp3) is 0.200. The van der Waals surface area contributed by atoms with Crippen LogP contribution >= 0.6 is 22.9 Å². The summed E-state index contributed by atoms with van der Waals surface area (Å²) in [7, 11) is -4.07. The minimum absolute atomic E-state index is 0.0715. The number of nitrogens with one attached hydrogen (secondary N) is 1. The van der Waals surface area contributed by atoms with Gasteiger partial charge in [-0.1, -0.05) is 46.7 Å². The second kappa shape index (κ2) is 9.85. The summed E-state index contributed by atoms with van der Waals surface area (Å²) >= 11 is 7.37. The largest absolute Gasteiger partial charge is 0.324 e. The van der Waals surface area contributed by atoms with Crippen LogP contribution in [0.25, 0.3) is 10.2 Å². The second-order valence-electron chi connectivity index (χ2n) is 8.05. The number of halogens is 1. The smallest absolute Gasteiger partial charge is 0.308 e. The van der Waals surface area contributed by atoms with Crippen molar-refractivity contribution >= 4 is 60.5 Å². The number of amides is 1. The number of rotatable bonds is 7. The van der Waals surface area contributed by atoms with E-state index in [1.165, 1.54) is 12.1 Å². The first kappa shape index (κ1) is 25.0. The van der Waals surface area contributed by atoms with Crippen molar-refractivity contribution in [3.05, 3.63) is 86.5 Å². The van der Waals surface area contributed by atoms with Crippen molar-refractivity contribution in [1.82, 2.24) is 4.57 Å². The standard InChI is InChI=1S/C25H24ClN3O4S2/c1-4-28-22-13-10-18(14-23(22)34-25(28)31)27-24(30)15-29(21-7-5-6-20(26)17(21)3)35(32,33)19-11-8-16(2)9-12-19/h5-14H,4,15H2,1-3H3,(H,27,30). The first-order chi connectivity index (χ1) is 16.6. The minimum Gasteiger partial charge on any atom is -0.324 e. The summed E-state index contributed by atoms with van der Waals surface area (Å²) in [6.45, 7) is 5.56. The number of nitrogens with zero attached hydrogens (tertiary/aromatic N) is 2. The maximum absolute atomic E-state index is 13.6. The molecule has 0 aliphatic rings. The molecule has 182 valence electrons. The zero-order chi connectivity index (χ0) is 25.3. The van der Waals surface area contributed by atoms with Crippen LogP contribution in [0.2, 0.25) is 5.02 Å². The van der Waals surface area contributed by atoms with E-state index in [9.17, 15) is 18.0 Å². The molecule has 0 fully saturated rings. The third-order valence-electron chi connectivity index (χ3n) is 5.67. The Balaban J connectivity index is 1.68. The lowest BCUT2D eigenvalue weighted by Crippen LogP contribution is -2.38.